The molecular weight excluding hydrogens is 462 g/mol. The van der Waals surface area contributed by atoms with Crippen LogP contribution in [0.4, 0.5) is 17.2 Å². The number of hydrogen-bond acceptors (Lipinski definition) is 8. The Balaban J connectivity index is 2.54. The summed E-state index contributed by atoms with van der Waals surface area (Å²) < 4.78 is 6.26. The van der Waals surface area contributed by atoms with Crippen molar-refractivity contribution in [3.05, 3.63) is 54.7 Å². The molecule has 1 amide bonds. The maximum atomic E-state index is 13.4. The van der Waals surface area contributed by atoms with Gasteiger partial charge in [0, 0.05) is 31.8 Å². The summed E-state index contributed by atoms with van der Waals surface area (Å²) in [6.07, 6.45) is 1.46. The minimum Gasteiger partial charge on any atom is -0.383 e. The summed E-state index contributed by atoms with van der Waals surface area (Å²) in [7, 11) is 1.43. The molecule has 0 atom stereocenters. The van der Waals surface area contributed by atoms with Crippen LogP contribution >= 0.6 is 11.8 Å². The van der Waals surface area contributed by atoms with Crippen molar-refractivity contribution >= 4 is 34.9 Å². The molecule has 0 saturated heterocycles. The van der Waals surface area contributed by atoms with E-state index >= 15 is 0 Å². The Bertz CT molecular complexity index is 1140. The first kappa shape index (κ1) is 27.1. The number of nitrogens with zero attached hydrogens (tertiary/aromatic N) is 3. The minimum absolute atomic E-state index is 0.0167. The van der Waals surface area contributed by atoms with E-state index in [1.54, 1.807) is 0 Å². The van der Waals surface area contributed by atoms with E-state index in [9.17, 15) is 24.5 Å². The second-order valence-electron chi connectivity index (χ2n) is 8.06. The molecule has 186 valence electrons. The van der Waals surface area contributed by atoms with Gasteiger partial charge in [-0.25, -0.2) is 4.79 Å². The van der Waals surface area contributed by atoms with E-state index in [1.165, 1.54) is 41.6 Å². The lowest BCUT2D eigenvalue weighted by Crippen LogP contribution is -2.42. The Morgan fingerprint density at radius 1 is 1.35 bits per heavy atom. The first-order valence-corrected chi connectivity index (χ1v) is 12.0. The maximum absolute atomic E-state index is 13.4. The third-order valence-electron chi connectivity index (χ3n) is 5.05. The number of carbonyl (C=O) groups is 1. The van der Waals surface area contributed by atoms with Gasteiger partial charge >= 0.3 is 5.69 Å². The van der Waals surface area contributed by atoms with Gasteiger partial charge in [-0.1, -0.05) is 20.8 Å². The van der Waals surface area contributed by atoms with Gasteiger partial charge in [-0.2, -0.15) is 0 Å². The molecule has 34 heavy (non-hydrogen) atoms. The largest absolute Gasteiger partial charge is 0.383 e. The lowest BCUT2D eigenvalue weighted by atomic mass is 10.1. The number of nitrogen functional groups attached to an aromatic ring is 1. The molecule has 1 aromatic heterocycles. The van der Waals surface area contributed by atoms with Gasteiger partial charge < -0.3 is 10.5 Å². The predicted octanol–water partition coefficient (Wildman–Crippen LogP) is 2.87. The summed E-state index contributed by atoms with van der Waals surface area (Å²) in [5.74, 6) is 0.339. The SMILES string of the molecule is CCCn1c(N)c(N(CCOC)C(=O)c2ccc(SCCC(C)C)c([N+](=O)[O-])c2)c(=O)[nH]c1=O. The molecule has 0 aliphatic rings. The first-order valence-electron chi connectivity index (χ1n) is 11.0. The fourth-order valence-corrected chi connectivity index (χ4v) is 4.51. The smallest absolute Gasteiger partial charge is 0.330 e. The third kappa shape index (κ3) is 6.48. The van der Waals surface area contributed by atoms with Crippen LogP contribution in [0.25, 0.3) is 0 Å². The summed E-state index contributed by atoms with van der Waals surface area (Å²) >= 11 is 1.36. The Labute approximate surface area is 201 Å². The summed E-state index contributed by atoms with van der Waals surface area (Å²) in [5.41, 5.74) is 4.26. The van der Waals surface area contributed by atoms with E-state index in [1.807, 2.05) is 6.92 Å². The van der Waals surface area contributed by atoms with Crippen LogP contribution in [0.15, 0.2) is 32.7 Å². The summed E-state index contributed by atoms with van der Waals surface area (Å²) in [6.45, 7) is 6.25. The third-order valence-corrected chi connectivity index (χ3v) is 6.15. The number of amides is 1. The van der Waals surface area contributed by atoms with Crippen LogP contribution < -0.4 is 21.9 Å². The highest BCUT2D eigenvalue weighted by Crippen LogP contribution is 2.32. The van der Waals surface area contributed by atoms with Gasteiger partial charge in [0.2, 0.25) is 0 Å². The number of thioether (sulfide) groups is 1. The van der Waals surface area contributed by atoms with Gasteiger partial charge in [0.1, 0.15) is 5.82 Å². The second kappa shape index (κ2) is 12.4. The normalized spacial score (nSPS) is 11.1. The predicted molar refractivity (Wildman–Crippen MR) is 133 cm³/mol. The zero-order valence-corrected chi connectivity index (χ0v) is 20.6. The molecule has 0 aliphatic carbocycles. The monoisotopic (exact) mass is 493 g/mol. The average molecular weight is 494 g/mol. The number of methoxy groups -OCH3 is 1. The number of H-pyrrole nitrogens is 1. The summed E-state index contributed by atoms with van der Waals surface area (Å²) in [4.78, 5) is 53.2. The van der Waals surface area contributed by atoms with Crippen LogP contribution in [0.2, 0.25) is 0 Å². The van der Waals surface area contributed by atoms with Gasteiger partial charge in [0.15, 0.2) is 5.69 Å². The molecule has 0 spiro atoms. The highest BCUT2D eigenvalue weighted by atomic mass is 32.2. The lowest BCUT2D eigenvalue weighted by Gasteiger charge is -2.24. The Morgan fingerprint density at radius 2 is 2.06 bits per heavy atom. The number of aromatic nitrogens is 2. The Kier molecular flexibility index (Phi) is 9.87. The number of aromatic amines is 1. The molecule has 12 heteroatoms. The zero-order chi connectivity index (χ0) is 25.4. The molecule has 3 N–H and O–H groups in total. The maximum Gasteiger partial charge on any atom is 0.330 e. The summed E-state index contributed by atoms with van der Waals surface area (Å²) in [6, 6.07) is 4.22. The van der Waals surface area contributed by atoms with Crippen molar-refractivity contribution in [2.75, 3.05) is 36.6 Å². The van der Waals surface area contributed by atoms with Crippen molar-refractivity contribution in [1.29, 1.82) is 0 Å². The zero-order valence-electron chi connectivity index (χ0n) is 19.8. The van der Waals surface area contributed by atoms with Crippen molar-refractivity contribution in [3.8, 4) is 0 Å². The number of nitro groups is 1. The van der Waals surface area contributed by atoms with Crippen LogP contribution in [-0.2, 0) is 11.3 Å². The molecule has 1 aromatic carbocycles. The average Bonchev–Trinajstić information content (AvgIpc) is 2.78. The van der Waals surface area contributed by atoms with Crippen LogP contribution in [0.3, 0.4) is 0 Å². The number of rotatable bonds is 12. The Hall–Kier alpha value is -3.12. The number of ether oxygens (including phenoxy) is 1. The number of benzene rings is 1. The molecular formula is C22H31N5O6S. The van der Waals surface area contributed by atoms with Crippen molar-refractivity contribution in [3.63, 3.8) is 0 Å². The number of nitro benzene ring substituents is 1. The van der Waals surface area contributed by atoms with Gasteiger partial charge in [-0.15, -0.1) is 11.8 Å². The van der Waals surface area contributed by atoms with Crippen LogP contribution in [0.5, 0.6) is 0 Å². The van der Waals surface area contributed by atoms with Crippen molar-refractivity contribution < 1.29 is 14.5 Å². The molecule has 0 saturated carbocycles. The molecule has 0 bridgehead atoms. The van der Waals surface area contributed by atoms with E-state index < -0.39 is 22.1 Å². The number of carbonyl (C=O) groups excluding carboxylic acids is 1. The topological polar surface area (TPSA) is 154 Å². The van der Waals surface area contributed by atoms with Crippen LogP contribution in [0, 0.1) is 16.0 Å². The quantitative estimate of drug-likeness (QED) is 0.260. The van der Waals surface area contributed by atoms with E-state index in [2.05, 4.69) is 18.8 Å². The highest BCUT2D eigenvalue weighted by molar-refractivity contribution is 7.99. The van der Waals surface area contributed by atoms with Gasteiger partial charge in [-0.05, 0) is 36.6 Å². The molecule has 2 rings (SSSR count). The van der Waals surface area contributed by atoms with Crippen LogP contribution in [0.1, 0.15) is 44.0 Å². The van der Waals surface area contributed by atoms with Gasteiger partial charge in [0.25, 0.3) is 17.2 Å². The van der Waals surface area contributed by atoms with Crippen molar-refractivity contribution in [2.24, 2.45) is 5.92 Å². The van der Waals surface area contributed by atoms with E-state index in [0.29, 0.717) is 23.0 Å². The molecule has 1 heterocycles. The molecule has 11 nitrogen and oxygen atoms in total. The number of hydrogen-bond donors (Lipinski definition) is 2. The summed E-state index contributed by atoms with van der Waals surface area (Å²) in [5, 5.41) is 11.7. The number of nitrogens with one attached hydrogen (secondary N) is 1. The number of anilines is 2. The molecule has 0 fully saturated rings. The molecule has 0 aliphatic heterocycles. The van der Waals surface area contributed by atoms with Crippen molar-refractivity contribution in [1.82, 2.24) is 9.55 Å². The van der Waals surface area contributed by atoms with Crippen molar-refractivity contribution in [2.45, 2.75) is 45.1 Å². The fourth-order valence-electron chi connectivity index (χ4n) is 3.26. The number of nitrogens with two attached hydrogens (primary N) is 1. The van der Waals surface area contributed by atoms with Gasteiger partial charge in [-0.3, -0.25) is 34.2 Å². The fraction of sp³-hybridized carbons (Fsp3) is 0.500. The van der Waals surface area contributed by atoms with Gasteiger partial charge in [0.05, 0.1) is 16.4 Å². The highest BCUT2D eigenvalue weighted by Gasteiger charge is 2.27. The molecule has 2 aromatic rings. The first-order chi connectivity index (χ1) is 16.1. The molecule has 0 unspecified atom stereocenters. The molecule has 0 radical (unpaired) electrons. The Morgan fingerprint density at radius 3 is 2.65 bits per heavy atom. The van der Waals surface area contributed by atoms with Crippen LogP contribution in [-0.4, -0.2) is 46.4 Å². The minimum atomic E-state index is -0.824. The standard InChI is InChI=1S/C22H31N5O6S/c1-5-9-26-19(23)18(20(28)24-22(26)30)25(10-11-33-4)21(29)15-6-7-17(16(13-15)27(31)32)34-12-8-14(2)3/h6-7,13-14H,5,8-12,23H2,1-4H3,(H,24,28,30). The lowest BCUT2D eigenvalue weighted by molar-refractivity contribution is -0.387. The van der Waals surface area contributed by atoms with E-state index in [0.717, 1.165) is 11.3 Å². The second-order valence-corrected chi connectivity index (χ2v) is 9.20. The van der Waals surface area contributed by atoms with E-state index in [4.69, 9.17) is 10.5 Å². The van der Waals surface area contributed by atoms with E-state index in [-0.39, 0.29) is 42.5 Å².